The van der Waals surface area contributed by atoms with E-state index < -0.39 is 0 Å². The van der Waals surface area contributed by atoms with E-state index in [9.17, 15) is 9.59 Å². The highest BCUT2D eigenvalue weighted by Crippen LogP contribution is 2.11. The monoisotopic (exact) mass is 269 g/mol. The van der Waals surface area contributed by atoms with Gasteiger partial charge in [-0.15, -0.1) is 11.6 Å². The Morgan fingerprint density at radius 2 is 1.94 bits per heavy atom. The molecule has 0 heterocycles. The minimum Gasteiger partial charge on any atom is -0.462 e. The van der Waals surface area contributed by atoms with Crippen molar-refractivity contribution in [2.45, 2.75) is 19.8 Å². The molecule has 1 aromatic rings. The number of ether oxygens (including phenoxy) is 1. The number of halogens is 1. The second-order valence-electron chi connectivity index (χ2n) is 3.75. The average Bonchev–Trinajstić information content (AvgIpc) is 2.39. The molecule has 5 heteroatoms. The van der Waals surface area contributed by atoms with E-state index in [1.807, 2.05) is 6.92 Å². The largest absolute Gasteiger partial charge is 0.462 e. The van der Waals surface area contributed by atoms with Gasteiger partial charge in [0.1, 0.15) is 5.88 Å². The maximum Gasteiger partial charge on any atom is 0.338 e. The maximum absolute atomic E-state index is 11.6. The minimum absolute atomic E-state index is 0.0964. The number of alkyl halides is 1. The number of hydrogen-bond acceptors (Lipinski definition) is 3. The van der Waals surface area contributed by atoms with Gasteiger partial charge in [-0.25, -0.2) is 4.79 Å². The summed E-state index contributed by atoms with van der Waals surface area (Å²) in [4.78, 5) is 22.6. The molecular weight excluding hydrogens is 254 g/mol. The molecule has 0 bridgehead atoms. The van der Waals surface area contributed by atoms with Gasteiger partial charge in [-0.05, 0) is 30.7 Å². The van der Waals surface area contributed by atoms with Crippen molar-refractivity contribution in [1.29, 1.82) is 0 Å². The standard InChI is InChI=1S/C13H16ClNO3/c1-2-3-8-18-13(17)10-4-6-11(7-5-10)15-12(16)9-14/h4-7H,2-3,8-9H2,1H3,(H,15,16). The lowest BCUT2D eigenvalue weighted by molar-refractivity contribution is -0.113. The highest BCUT2D eigenvalue weighted by Gasteiger charge is 2.07. The maximum atomic E-state index is 11.6. The van der Waals surface area contributed by atoms with Crippen molar-refractivity contribution in [2.24, 2.45) is 0 Å². The number of unbranched alkanes of at least 4 members (excludes halogenated alkanes) is 1. The molecule has 0 radical (unpaired) electrons. The molecule has 1 N–H and O–H groups in total. The Balaban J connectivity index is 2.54. The molecule has 0 atom stereocenters. The summed E-state index contributed by atoms with van der Waals surface area (Å²) < 4.78 is 5.06. The first-order chi connectivity index (χ1) is 8.67. The van der Waals surface area contributed by atoms with Crippen LogP contribution in [0.15, 0.2) is 24.3 Å². The Labute approximate surface area is 111 Å². The SMILES string of the molecule is CCCCOC(=O)c1ccc(NC(=O)CCl)cc1. The first-order valence-electron chi connectivity index (χ1n) is 5.80. The summed E-state index contributed by atoms with van der Waals surface area (Å²) in [6, 6.07) is 6.50. The third-order valence-electron chi connectivity index (χ3n) is 2.26. The van der Waals surface area contributed by atoms with E-state index >= 15 is 0 Å². The summed E-state index contributed by atoms with van der Waals surface area (Å²) in [5.41, 5.74) is 1.07. The first-order valence-corrected chi connectivity index (χ1v) is 6.33. The van der Waals surface area contributed by atoms with Crippen LogP contribution in [0.5, 0.6) is 0 Å². The fourth-order valence-electron chi connectivity index (χ4n) is 1.28. The van der Waals surface area contributed by atoms with E-state index in [1.165, 1.54) is 0 Å². The van der Waals surface area contributed by atoms with Crippen LogP contribution < -0.4 is 5.32 Å². The van der Waals surface area contributed by atoms with Crippen molar-refractivity contribution in [3.63, 3.8) is 0 Å². The van der Waals surface area contributed by atoms with Gasteiger partial charge in [0.25, 0.3) is 0 Å². The van der Waals surface area contributed by atoms with Gasteiger partial charge in [0.05, 0.1) is 12.2 Å². The zero-order chi connectivity index (χ0) is 13.4. The van der Waals surface area contributed by atoms with Crippen molar-refractivity contribution in [2.75, 3.05) is 17.8 Å². The Bertz CT molecular complexity index is 403. The summed E-state index contributed by atoms with van der Waals surface area (Å²) in [5, 5.41) is 2.59. The van der Waals surface area contributed by atoms with Crippen LogP contribution in [-0.2, 0) is 9.53 Å². The molecule has 0 aliphatic rings. The van der Waals surface area contributed by atoms with E-state index in [0.29, 0.717) is 17.9 Å². The predicted molar refractivity (Wildman–Crippen MR) is 71.0 cm³/mol. The van der Waals surface area contributed by atoms with E-state index in [4.69, 9.17) is 16.3 Å². The van der Waals surface area contributed by atoms with E-state index in [0.717, 1.165) is 12.8 Å². The minimum atomic E-state index is -0.348. The number of esters is 1. The van der Waals surface area contributed by atoms with Crippen molar-refractivity contribution in [3.05, 3.63) is 29.8 Å². The molecule has 0 saturated heterocycles. The molecule has 1 aromatic carbocycles. The van der Waals surface area contributed by atoms with Crippen LogP contribution in [0, 0.1) is 0 Å². The molecule has 0 spiro atoms. The summed E-state index contributed by atoms with van der Waals surface area (Å²) >= 11 is 5.37. The van der Waals surface area contributed by atoms with Gasteiger partial charge >= 0.3 is 5.97 Å². The number of carbonyl (C=O) groups is 2. The number of anilines is 1. The van der Waals surface area contributed by atoms with E-state index in [-0.39, 0.29) is 17.8 Å². The number of rotatable bonds is 6. The Hall–Kier alpha value is -1.55. The number of hydrogen-bond donors (Lipinski definition) is 1. The number of benzene rings is 1. The average molecular weight is 270 g/mol. The van der Waals surface area contributed by atoms with Gasteiger partial charge in [-0.3, -0.25) is 4.79 Å². The number of carbonyl (C=O) groups excluding carboxylic acids is 2. The van der Waals surface area contributed by atoms with Gasteiger partial charge in [0, 0.05) is 5.69 Å². The predicted octanol–water partition coefficient (Wildman–Crippen LogP) is 2.82. The summed E-state index contributed by atoms with van der Waals surface area (Å²) in [6.07, 6.45) is 1.84. The van der Waals surface area contributed by atoms with Crippen LogP contribution in [0.25, 0.3) is 0 Å². The molecule has 0 aliphatic carbocycles. The summed E-state index contributed by atoms with van der Waals surface area (Å²) in [7, 11) is 0. The fraction of sp³-hybridized carbons (Fsp3) is 0.385. The summed E-state index contributed by atoms with van der Waals surface area (Å²) in [6.45, 7) is 2.46. The molecular formula is C13H16ClNO3. The van der Waals surface area contributed by atoms with Crippen molar-refractivity contribution in [3.8, 4) is 0 Å². The van der Waals surface area contributed by atoms with Gasteiger partial charge in [-0.1, -0.05) is 13.3 Å². The van der Waals surface area contributed by atoms with Crippen LogP contribution in [0.2, 0.25) is 0 Å². The molecule has 18 heavy (non-hydrogen) atoms. The molecule has 0 saturated carbocycles. The molecule has 98 valence electrons. The summed E-state index contributed by atoms with van der Waals surface area (Å²) in [5.74, 6) is -0.727. The molecule has 0 fully saturated rings. The second-order valence-corrected chi connectivity index (χ2v) is 4.02. The second kappa shape index (κ2) is 7.71. The van der Waals surface area contributed by atoms with Crippen LogP contribution in [0.3, 0.4) is 0 Å². The number of amides is 1. The van der Waals surface area contributed by atoms with Crippen LogP contribution in [-0.4, -0.2) is 24.4 Å². The Morgan fingerprint density at radius 1 is 1.28 bits per heavy atom. The lowest BCUT2D eigenvalue weighted by Gasteiger charge is -2.06. The molecule has 0 aliphatic heterocycles. The third kappa shape index (κ3) is 4.75. The lowest BCUT2D eigenvalue weighted by Crippen LogP contribution is -2.12. The van der Waals surface area contributed by atoms with Gasteiger partial charge in [0.15, 0.2) is 0 Å². The normalized spacial score (nSPS) is 9.89. The van der Waals surface area contributed by atoms with Crippen molar-refractivity contribution >= 4 is 29.2 Å². The Morgan fingerprint density at radius 3 is 2.50 bits per heavy atom. The van der Waals surface area contributed by atoms with E-state index in [2.05, 4.69) is 5.32 Å². The smallest absolute Gasteiger partial charge is 0.338 e. The van der Waals surface area contributed by atoms with E-state index in [1.54, 1.807) is 24.3 Å². The van der Waals surface area contributed by atoms with Gasteiger partial charge < -0.3 is 10.1 Å². The van der Waals surface area contributed by atoms with Crippen LogP contribution >= 0.6 is 11.6 Å². The third-order valence-corrected chi connectivity index (χ3v) is 2.50. The molecule has 1 amide bonds. The lowest BCUT2D eigenvalue weighted by atomic mass is 10.2. The quantitative estimate of drug-likeness (QED) is 0.491. The van der Waals surface area contributed by atoms with Crippen molar-refractivity contribution < 1.29 is 14.3 Å². The number of nitrogens with one attached hydrogen (secondary N) is 1. The van der Waals surface area contributed by atoms with Crippen LogP contribution in [0.1, 0.15) is 30.1 Å². The zero-order valence-corrected chi connectivity index (χ0v) is 11.0. The first kappa shape index (κ1) is 14.5. The molecule has 0 unspecified atom stereocenters. The topological polar surface area (TPSA) is 55.4 Å². The highest BCUT2D eigenvalue weighted by atomic mass is 35.5. The molecule has 4 nitrogen and oxygen atoms in total. The van der Waals surface area contributed by atoms with Gasteiger partial charge in [-0.2, -0.15) is 0 Å². The molecule has 0 aromatic heterocycles. The fourth-order valence-corrected chi connectivity index (χ4v) is 1.34. The Kier molecular flexibility index (Phi) is 6.22. The van der Waals surface area contributed by atoms with Crippen LogP contribution in [0.4, 0.5) is 5.69 Å². The molecule has 1 rings (SSSR count). The van der Waals surface area contributed by atoms with Gasteiger partial charge in [0.2, 0.25) is 5.91 Å². The van der Waals surface area contributed by atoms with Crippen molar-refractivity contribution in [1.82, 2.24) is 0 Å². The zero-order valence-electron chi connectivity index (χ0n) is 10.2. The highest BCUT2D eigenvalue weighted by molar-refractivity contribution is 6.29.